The summed E-state index contributed by atoms with van der Waals surface area (Å²) in [6.45, 7) is 0. The number of ketones is 1. The Morgan fingerprint density at radius 1 is 0.960 bits per heavy atom. The van der Waals surface area contributed by atoms with Gasteiger partial charge >= 0.3 is 0 Å². The van der Waals surface area contributed by atoms with E-state index in [0.717, 1.165) is 5.39 Å². The molecule has 0 radical (unpaired) electrons. The number of hydrogen-bond donors (Lipinski definition) is 0. The molecule has 3 rings (SSSR count). The van der Waals surface area contributed by atoms with Gasteiger partial charge in [-0.25, -0.2) is 0 Å². The standard InChI is InChI=1S/C20H18O5/c1-22-17-11-9-13(19(23-2)20(17)24-3)8-10-15(21)18-12-14-6-4-5-7-16(14)25-18/h4-12H,1-3H3/b10-8+. The maximum absolute atomic E-state index is 12.4. The van der Waals surface area contributed by atoms with E-state index in [2.05, 4.69) is 0 Å². The number of benzene rings is 2. The summed E-state index contributed by atoms with van der Waals surface area (Å²) in [6.07, 6.45) is 3.11. The number of furan rings is 1. The average Bonchev–Trinajstić information content (AvgIpc) is 3.09. The first kappa shape index (κ1) is 16.6. The fourth-order valence-electron chi connectivity index (χ4n) is 2.61. The van der Waals surface area contributed by atoms with Gasteiger partial charge in [0.2, 0.25) is 11.5 Å². The van der Waals surface area contributed by atoms with Crippen molar-refractivity contribution in [3.8, 4) is 17.2 Å². The molecule has 0 spiro atoms. The third-order valence-electron chi connectivity index (χ3n) is 3.82. The smallest absolute Gasteiger partial charge is 0.221 e. The Balaban J connectivity index is 1.92. The molecule has 2 aromatic carbocycles. The molecule has 128 valence electrons. The van der Waals surface area contributed by atoms with E-state index in [0.29, 0.717) is 28.4 Å². The molecule has 0 bridgehead atoms. The van der Waals surface area contributed by atoms with E-state index in [1.165, 1.54) is 20.3 Å². The highest BCUT2D eigenvalue weighted by atomic mass is 16.5. The van der Waals surface area contributed by atoms with Crippen molar-refractivity contribution in [3.63, 3.8) is 0 Å². The number of carbonyl (C=O) groups excluding carboxylic acids is 1. The van der Waals surface area contributed by atoms with Crippen molar-refractivity contribution in [2.75, 3.05) is 21.3 Å². The van der Waals surface area contributed by atoms with Crippen LogP contribution in [0.4, 0.5) is 0 Å². The summed E-state index contributed by atoms with van der Waals surface area (Å²) in [7, 11) is 4.63. The fourth-order valence-corrected chi connectivity index (χ4v) is 2.61. The van der Waals surface area contributed by atoms with Crippen LogP contribution in [0.15, 0.2) is 53.0 Å². The third-order valence-corrected chi connectivity index (χ3v) is 3.82. The number of rotatable bonds is 6. The molecule has 3 aromatic rings. The predicted octanol–water partition coefficient (Wildman–Crippen LogP) is 4.35. The molecule has 0 aliphatic carbocycles. The second-order valence-corrected chi connectivity index (χ2v) is 5.27. The molecule has 0 fully saturated rings. The normalized spacial score (nSPS) is 11.0. The highest BCUT2D eigenvalue weighted by Gasteiger charge is 2.15. The van der Waals surface area contributed by atoms with Crippen LogP contribution in [0.3, 0.4) is 0 Å². The zero-order chi connectivity index (χ0) is 17.8. The number of para-hydroxylation sites is 1. The van der Waals surface area contributed by atoms with Gasteiger partial charge in [0.05, 0.1) is 21.3 Å². The number of hydrogen-bond acceptors (Lipinski definition) is 5. The van der Waals surface area contributed by atoms with Gasteiger partial charge in [0.1, 0.15) is 5.58 Å². The van der Waals surface area contributed by atoms with Crippen LogP contribution in [0.25, 0.3) is 17.0 Å². The maximum atomic E-state index is 12.4. The lowest BCUT2D eigenvalue weighted by Gasteiger charge is -2.13. The Kier molecular flexibility index (Phi) is 4.75. The van der Waals surface area contributed by atoms with Gasteiger partial charge in [-0.15, -0.1) is 0 Å². The summed E-state index contributed by atoms with van der Waals surface area (Å²) >= 11 is 0. The minimum Gasteiger partial charge on any atom is -0.493 e. The highest BCUT2D eigenvalue weighted by molar-refractivity contribution is 6.07. The second-order valence-electron chi connectivity index (χ2n) is 5.27. The molecule has 0 N–H and O–H groups in total. The predicted molar refractivity (Wildman–Crippen MR) is 95.7 cm³/mol. The topological polar surface area (TPSA) is 57.9 Å². The van der Waals surface area contributed by atoms with E-state index in [1.807, 2.05) is 24.3 Å². The van der Waals surface area contributed by atoms with Crippen molar-refractivity contribution < 1.29 is 23.4 Å². The minimum absolute atomic E-state index is 0.229. The average molecular weight is 338 g/mol. The molecule has 0 aliphatic rings. The van der Waals surface area contributed by atoms with E-state index in [-0.39, 0.29) is 11.5 Å². The summed E-state index contributed by atoms with van der Waals surface area (Å²) in [4.78, 5) is 12.4. The number of fused-ring (bicyclic) bond motifs is 1. The molecule has 0 aliphatic heterocycles. The SMILES string of the molecule is COc1ccc(/C=C/C(=O)c2cc3ccccc3o2)c(OC)c1OC. The van der Waals surface area contributed by atoms with E-state index in [4.69, 9.17) is 18.6 Å². The van der Waals surface area contributed by atoms with Crippen LogP contribution >= 0.6 is 0 Å². The number of allylic oxidation sites excluding steroid dienone is 1. The molecular weight excluding hydrogens is 320 g/mol. The number of methoxy groups -OCH3 is 3. The van der Waals surface area contributed by atoms with Crippen molar-refractivity contribution in [3.05, 3.63) is 59.9 Å². The minimum atomic E-state index is -0.229. The van der Waals surface area contributed by atoms with Crippen molar-refractivity contribution in [1.82, 2.24) is 0 Å². The zero-order valence-electron chi connectivity index (χ0n) is 14.2. The van der Waals surface area contributed by atoms with Crippen molar-refractivity contribution in [1.29, 1.82) is 0 Å². The first-order valence-corrected chi connectivity index (χ1v) is 7.68. The monoisotopic (exact) mass is 338 g/mol. The molecule has 0 saturated heterocycles. The van der Waals surface area contributed by atoms with Crippen molar-refractivity contribution in [2.45, 2.75) is 0 Å². The first-order valence-electron chi connectivity index (χ1n) is 7.68. The third kappa shape index (κ3) is 3.21. The van der Waals surface area contributed by atoms with Gasteiger partial charge < -0.3 is 18.6 Å². The second kappa shape index (κ2) is 7.13. The Hall–Kier alpha value is -3.21. The van der Waals surface area contributed by atoms with Crippen LogP contribution in [0.2, 0.25) is 0 Å². The Bertz CT molecular complexity index is 903. The van der Waals surface area contributed by atoms with Crippen LogP contribution in [-0.2, 0) is 0 Å². The van der Waals surface area contributed by atoms with Crippen molar-refractivity contribution in [2.24, 2.45) is 0 Å². The lowest BCUT2D eigenvalue weighted by Crippen LogP contribution is -1.97. The van der Waals surface area contributed by atoms with Gasteiger partial charge in [-0.05, 0) is 36.4 Å². The van der Waals surface area contributed by atoms with Gasteiger partial charge in [0, 0.05) is 10.9 Å². The summed E-state index contributed by atoms with van der Waals surface area (Å²) in [5, 5.41) is 0.892. The molecule has 0 unspecified atom stereocenters. The molecule has 5 heteroatoms. The van der Waals surface area contributed by atoms with Crippen LogP contribution in [0.5, 0.6) is 17.2 Å². The summed E-state index contributed by atoms with van der Waals surface area (Å²) in [6, 6.07) is 12.8. The van der Waals surface area contributed by atoms with Gasteiger partial charge in [-0.3, -0.25) is 4.79 Å². The lowest BCUT2D eigenvalue weighted by molar-refractivity contribution is 0.102. The summed E-state index contributed by atoms with van der Waals surface area (Å²) in [5.41, 5.74) is 1.38. The maximum Gasteiger partial charge on any atom is 0.221 e. The van der Waals surface area contributed by atoms with Gasteiger partial charge in [0.25, 0.3) is 0 Å². The molecule has 0 saturated carbocycles. The van der Waals surface area contributed by atoms with Gasteiger partial charge in [-0.1, -0.05) is 18.2 Å². The van der Waals surface area contributed by atoms with E-state index < -0.39 is 0 Å². The lowest BCUT2D eigenvalue weighted by atomic mass is 10.1. The van der Waals surface area contributed by atoms with E-state index in [9.17, 15) is 4.79 Å². The quantitative estimate of drug-likeness (QED) is 0.494. The first-order chi connectivity index (χ1) is 12.2. The van der Waals surface area contributed by atoms with Crippen LogP contribution < -0.4 is 14.2 Å². The fraction of sp³-hybridized carbons (Fsp3) is 0.150. The molecular formula is C20H18O5. The highest BCUT2D eigenvalue weighted by Crippen LogP contribution is 2.40. The largest absolute Gasteiger partial charge is 0.493 e. The molecule has 0 amide bonds. The van der Waals surface area contributed by atoms with Crippen LogP contribution in [0, 0.1) is 0 Å². The zero-order valence-corrected chi connectivity index (χ0v) is 14.2. The summed E-state index contributed by atoms with van der Waals surface area (Å²) in [5.74, 6) is 1.59. The Morgan fingerprint density at radius 3 is 2.40 bits per heavy atom. The van der Waals surface area contributed by atoms with Gasteiger partial charge in [-0.2, -0.15) is 0 Å². The Morgan fingerprint density at radius 2 is 1.72 bits per heavy atom. The molecule has 0 atom stereocenters. The van der Waals surface area contributed by atoms with Crippen LogP contribution in [0.1, 0.15) is 16.1 Å². The number of ether oxygens (including phenoxy) is 3. The van der Waals surface area contributed by atoms with Gasteiger partial charge in [0.15, 0.2) is 17.3 Å². The summed E-state index contributed by atoms with van der Waals surface area (Å²) < 4.78 is 21.6. The number of carbonyl (C=O) groups is 1. The Labute approximate surface area is 145 Å². The molecule has 1 aromatic heterocycles. The molecule has 1 heterocycles. The van der Waals surface area contributed by atoms with Crippen molar-refractivity contribution >= 4 is 22.8 Å². The van der Waals surface area contributed by atoms with E-state index >= 15 is 0 Å². The molecule has 25 heavy (non-hydrogen) atoms. The van der Waals surface area contributed by atoms with Crippen LogP contribution in [-0.4, -0.2) is 27.1 Å². The molecule has 5 nitrogen and oxygen atoms in total. The van der Waals surface area contributed by atoms with E-state index in [1.54, 1.807) is 31.4 Å².